The Hall–Kier alpha value is -2.85. The molecule has 10 nitrogen and oxygen atoms in total. The molecule has 2 saturated heterocycles. The highest BCUT2D eigenvalue weighted by atomic mass is 16.5. The van der Waals surface area contributed by atoms with Crippen molar-refractivity contribution in [2.45, 2.75) is 102 Å². The number of nitrogens with zero attached hydrogens (tertiary/aromatic N) is 6. The summed E-state index contributed by atoms with van der Waals surface area (Å²) < 4.78 is 20.4. The second-order valence-electron chi connectivity index (χ2n) is 12.0. The fourth-order valence-corrected chi connectivity index (χ4v) is 7.49. The van der Waals surface area contributed by atoms with E-state index in [0.29, 0.717) is 48.9 Å². The molecule has 39 heavy (non-hydrogen) atoms. The molecule has 2 aliphatic heterocycles. The second kappa shape index (κ2) is 9.66. The Morgan fingerprint density at radius 2 is 1.97 bits per heavy atom. The maximum absolute atomic E-state index is 13.2. The smallest absolute Gasteiger partial charge is 0.229 e. The zero-order valence-electron chi connectivity index (χ0n) is 23.2. The summed E-state index contributed by atoms with van der Waals surface area (Å²) in [5, 5.41) is 10.3. The van der Waals surface area contributed by atoms with Crippen LogP contribution in [0.1, 0.15) is 87.7 Å². The Bertz CT molecular complexity index is 1410. The van der Waals surface area contributed by atoms with Gasteiger partial charge in [0.15, 0.2) is 5.65 Å². The molecule has 5 heterocycles. The lowest BCUT2D eigenvalue weighted by Crippen LogP contribution is -2.41. The standard InChI is InChI=1S/C29H38N6O4/c1-17-23-27(35(32-17)19-11-15-37-16-19)30-26(31-28(23)38-18(2)21-9-7-14-34(21)3)24-20-8-6-13-29(25(20)33-39-24)12-5-4-10-22(29)36/h18-19,21H,4-16H2,1-3H3/t18-,19+,21-,29+/m0/s1. The van der Waals surface area contributed by atoms with Crippen molar-refractivity contribution in [3.05, 3.63) is 17.0 Å². The van der Waals surface area contributed by atoms with E-state index in [2.05, 4.69) is 24.0 Å². The van der Waals surface area contributed by atoms with Gasteiger partial charge < -0.3 is 14.0 Å². The molecule has 208 valence electrons. The van der Waals surface area contributed by atoms with Crippen molar-refractivity contribution < 1.29 is 18.8 Å². The summed E-state index contributed by atoms with van der Waals surface area (Å²) in [6, 6.07) is 0.439. The highest BCUT2D eigenvalue weighted by Gasteiger charge is 2.48. The van der Waals surface area contributed by atoms with Gasteiger partial charge in [-0.25, -0.2) is 9.67 Å². The lowest BCUT2D eigenvalue weighted by atomic mass is 9.64. The van der Waals surface area contributed by atoms with Crippen LogP contribution in [0, 0.1) is 6.92 Å². The average molecular weight is 535 g/mol. The van der Waals surface area contributed by atoms with Crippen LogP contribution in [0.2, 0.25) is 0 Å². The van der Waals surface area contributed by atoms with Gasteiger partial charge >= 0.3 is 0 Å². The summed E-state index contributed by atoms with van der Waals surface area (Å²) in [6.07, 6.45) is 9.16. The number of hydrogen-bond acceptors (Lipinski definition) is 9. The molecule has 2 aliphatic carbocycles. The predicted octanol–water partition coefficient (Wildman–Crippen LogP) is 4.33. The van der Waals surface area contributed by atoms with Gasteiger partial charge in [0.25, 0.3) is 0 Å². The van der Waals surface area contributed by atoms with Crippen LogP contribution in [0.25, 0.3) is 22.6 Å². The van der Waals surface area contributed by atoms with E-state index in [-0.39, 0.29) is 12.1 Å². The van der Waals surface area contributed by atoms with Gasteiger partial charge in [-0.15, -0.1) is 0 Å². The van der Waals surface area contributed by atoms with E-state index in [0.717, 1.165) is 85.9 Å². The van der Waals surface area contributed by atoms with Gasteiger partial charge in [-0.05, 0) is 78.8 Å². The van der Waals surface area contributed by atoms with E-state index in [4.69, 9.17) is 29.1 Å². The molecule has 0 amide bonds. The van der Waals surface area contributed by atoms with Crippen molar-refractivity contribution in [3.8, 4) is 17.5 Å². The van der Waals surface area contributed by atoms with Crippen LogP contribution in [0.5, 0.6) is 5.88 Å². The van der Waals surface area contributed by atoms with Gasteiger partial charge in [-0.3, -0.25) is 9.69 Å². The van der Waals surface area contributed by atoms with Crippen LogP contribution >= 0.6 is 0 Å². The van der Waals surface area contributed by atoms with Crippen LogP contribution in [-0.2, 0) is 21.4 Å². The minimum atomic E-state index is -0.516. The molecule has 3 aromatic rings. The quantitative estimate of drug-likeness (QED) is 0.472. The molecule has 0 bridgehead atoms. The van der Waals surface area contributed by atoms with Crippen molar-refractivity contribution in [2.24, 2.45) is 0 Å². The van der Waals surface area contributed by atoms with Gasteiger partial charge in [-0.2, -0.15) is 10.1 Å². The molecule has 10 heteroatoms. The van der Waals surface area contributed by atoms with E-state index in [9.17, 15) is 4.79 Å². The van der Waals surface area contributed by atoms with E-state index >= 15 is 0 Å². The van der Waals surface area contributed by atoms with Crippen LogP contribution in [-0.4, -0.2) is 74.5 Å². The van der Waals surface area contributed by atoms with Gasteiger partial charge in [0.1, 0.15) is 23.0 Å². The Morgan fingerprint density at radius 3 is 2.74 bits per heavy atom. The number of hydrogen-bond donors (Lipinski definition) is 0. The first kappa shape index (κ1) is 25.1. The molecule has 3 fully saturated rings. The number of ether oxygens (including phenoxy) is 2. The second-order valence-corrected chi connectivity index (χ2v) is 12.0. The van der Waals surface area contributed by atoms with Crippen molar-refractivity contribution in [1.29, 1.82) is 0 Å². The van der Waals surface area contributed by atoms with Crippen LogP contribution in [0.3, 0.4) is 0 Å². The van der Waals surface area contributed by atoms with Crippen molar-refractivity contribution in [1.82, 2.24) is 29.8 Å². The summed E-state index contributed by atoms with van der Waals surface area (Å²) in [7, 11) is 2.16. The molecule has 7 rings (SSSR count). The Labute approximate surface area is 228 Å². The third-order valence-corrected chi connectivity index (χ3v) is 9.63. The first-order valence-corrected chi connectivity index (χ1v) is 14.7. The number of likely N-dealkylation sites (tertiary alicyclic amines) is 1. The maximum Gasteiger partial charge on any atom is 0.229 e. The third-order valence-electron chi connectivity index (χ3n) is 9.63. The normalized spacial score (nSPS) is 28.4. The molecule has 4 aliphatic rings. The monoisotopic (exact) mass is 534 g/mol. The number of Topliss-reactive ketones (excluding diaryl/α,β-unsaturated/α-hetero) is 1. The van der Waals surface area contributed by atoms with Crippen LogP contribution < -0.4 is 4.74 Å². The summed E-state index contributed by atoms with van der Waals surface area (Å²) in [6.45, 7) is 6.51. The molecule has 0 aromatic carbocycles. The van der Waals surface area contributed by atoms with Crippen molar-refractivity contribution in [3.63, 3.8) is 0 Å². The number of carbonyl (C=O) groups is 1. The number of fused-ring (bicyclic) bond motifs is 3. The molecule has 3 aromatic heterocycles. The summed E-state index contributed by atoms with van der Waals surface area (Å²) in [5.41, 5.74) is 2.86. The summed E-state index contributed by atoms with van der Waals surface area (Å²) in [5.74, 6) is 1.86. The Kier molecular flexibility index (Phi) is 6.23. The predicted molar refractivity (Wildman–Crippen MR) is 144 cm³/mol. The first-order valence-electron chi connectivity index (χ1n) is 14.7. The largest absolute Gasteiger partial charge is 0.472 e. The minimum absolute atomic E-state index is 0.0483. The van der Waals surface area contributed by atoms with Gasteiger partial charge in [0.2, 0.25) is 17.5 Å². The van der Waals surface area contributed by atoms with Crippen molar-refractivity contribution >= 4 is 16.8 Å². The number of carbonyl (C=O) groups excluding carboxylic acids is 1. The van der Waals surface area contributed by atoms with Gasteiger partial charge in [0, 0.05) is 24.6 Å². The summed E-state index contributed by atoms with van der Waals surface area (Å²) >= 11 is 0. The molecular formula is C29H38N6O4. The zero-order valence-corrected chi connectivity index (χ0v) is 23.2. The minimum Gasteiger partial charge on any atom is -0.472 e. The molecule has 0 N–H and O–H groups in total. The Morgan fingerprint density at radius 1 is 1.10 bits per heavy atom. The zero-order chi connectivity index (χ0) is 26.7. The third kappa shape index (κ3) is 4.01. The van der Waals surface area contributed by atoms with Crippen LogP contribution in [0.15, 0.2) is 4.52 Å². The number of aryl methyl sites for hydroxylation is 1. The highest BCUT2D eigenvalue weighted by Crippen LogP contribution is 2.47. The number of aromatic nitrogens is 5. The number of rotatable bonds is 5. The van der Waals surface area contributed by atoms with Gasteiger partial charge in [0.05, 0.1) is 23.8 Å². The molecule has 1 saturated carbocycles. The first-order chi connectivity index (χ1) is 19.0. The molecule has 1 spiro atoms. The fourth-order valence-electron chi connectivity index (χ4n) is 7.49. The molecule has 0 radical (unpaired) electrons. The van der Waals surface area contributed by atoms with E-state index in [1.807, 2.05) is 11.6 Å². The molecule has 4 atom stereocenters. The van der Waals surface area contributed by atoms with E-state index in [1.165, 1.54) is 6.42 Å². The molecular weight excluding hydrogens is 496 g/mol. The topological polar surface area (TPSA) is 108 Å². The summed E-state index contributed by atoms with van der Waals surface area (Å²) in [4.78, 5) is 25.6. The number of ketones is 1. The van der Waals surface area contributed by atoms with Crippen molar-refractivity contribution in [2.75, 3.05) is 26.8 Å². The van der Waals surface area contributed by atoms with Gasteiger partial charge in [-0.1, -0.05) is 11.6 Å². The average Bonchev–Trinajstić information content (AvgIpc) is 3.73. The van der Waals surface area contributed by atoms with Crippen LogP contribution in [0.4, 0.5) is 0 Å². The number of likely N-dealkylation sites (N-methyl/N-ethyl adjacent to an activating group) is 1. The lowest BCUT2D eigenvalue weighted by molar-refractivity contribution is -0.127. The SMILES string of the molecule is Cc1nn([C@@H]2CCOC2)c2nc(-c3onc4c3CCC[C@@]43CCCCC3=O)nc(O[C@@H](C)[C@@H]3CCCN3C)c12. The fraction of sp³-hybridized carbons (Fsp3) is 0.690. The van der Waals surface area contributed by atoms with E-state index in [1.54, 1.807) is 0 Å². The maximum atomic E-state index is 13.2. The van der Waals surface area contributed by atoms with E-state index < -0.39 is 5.41 Å². The Balaban J connectivity index is 1.36. The molecule has 0 unspecified atom stereocenters. The highest BCUT2D eigenvalue weighted by molar-refractivity contribution is 5.91. The lowest BCUT2D eigenvalue weighted by Gasteiger charge is -2.37.